The van der Waals surface area contributed by atoms with Gasteiger partial charge in [-0.1, -0.05) is 12.1 Å². The molecule has 0 amide bonds. The lowest BCUT2D eigenvalue weighted by atomic mass is 9.96. The van der Waals surface area contributed by atoms with Crippen molar-refractivity contribution in [3.63, 3.8) is 0 Å². The molecule has 5 rings (SSSR count). The third-order valence-electron chi connectivity index (χ3n) is 6.68. The summed E-state index contributed by atoms with van der Waals surface area (Å²) < 4.78 is 7.09. The molecule has 5 heterocycles. The Morgan fingerprint density at radius 3 is 2.65 bits per heavy atom. The van der Waals surface area contributed by atoms with Crippen molar-refractivity contribution in [1.29, 1.82) is 5.26 Å². The van der Waals surface area contributed by atoms with Crippen LogP contribution >= 0.6 is 0 Å². The fourth-order valence-electron chi connectivity index (χ4n) is 4.75. The molecule has 34 heavy (non-hydrogen) atoms. The number of allylic oxidation sites excluding steroid dienone is 1. The predicted molar refractivity (Wildman–Crippen MR) is 130 cm³/mol. The summed E-state index contributed by atoms with van der Waals surface area (Å²) in [5.41, 5.74) is 4.75. The lowest BCUT2D eigenvalue weighted by Crippen LogP contribution is -2.38. The summed E-state index contributed by atoms with van der Waals surface area (Å²) in [4.78, 5) is 11.5. The van der Waals surface area contributed by atoms with Gasteiger partial charge in [-0.3, -0.25) is 9.58 Å². The molecule has 0 saturated carbocycles. The van der Waals surface area contributed by atoms with Crippen molar-refractivity contribution in [3.8, 4) is 11.9 Å². The molecule has 1 fully saturated rings. The van der Waals surface area contributed by atoms with Crippen LogP contribution in [0.3, 0.4) is 0 Å². The summed E-state index contributed by atoms with van der Waals surface area (Å²) in [6.45, 7) is 5.10. The molecule has 0 radical (unpaired) electrons. The van der Waals surface area contributed by atoms with Gasteiger partial charge in [0.25, 0.3) is 0 Å². The number of fused-ring (bicyclic) bond motifs is 1. The minimum absolute atomic E-state index is 0.251. The van der Waals surface area contributed by atoms with Gasteiger partial charge in [-0.15, -0.1) is 0 Å². The third-order valence-corrected chi connectivity index (χ3v) is 6.68. The quantitative estimate of drug-likeness (QED) is 0.600. The fraction of sp³-hybridized carbons (Fsp3) is 0.385. The molecule has 1 unspecified atom stereocenters. The second-order valence-corrected chi connectivity index (χ2v) is 9.00. The largest absolute Gasteiger partial charge is 0.481 e. The van der Waals surface area contributed by atoms with E-state index < -0.39 is 0 Å². The van der Waals surface area contributed by atoms with Crippen molar-refractivity contribution < 1.29 is 4.74 Å². The lowest BCUT2D eigenvalue weighted by molar-refractivity contribution is 0.211. The Bertz CT molecular complexity index is 1200. The molecule has 0 aliphatic carbocycles. The zero-order valence-electron chi connectivity index (χ0n) is 19.6. The summed E-state index contributed by atoms with van der Waals surface area (Å²) >= 11 is 0. The minimum atomic E-state index is 0.251. The van der Waals surface area contributed by atoms with Gasteiger partial charge in [0.2, 0.25) is 5.88 Å². The molecule has 1 N–H and O–H groups in total. The van der Waals surface area contributed by atoms with Crippen molar-refractivity contribution in [2.24, 2.45) is 0 Å². The number of methoxy groups -OCH3 is 1. The zero-order chi connectivity index (χ0) is 23.5. The summed E-state index contributed by atoms with van der Waals surface area (Å²) in [6.07, 6.45) is 10.7. The van der Waals surface area contributed by atoms with Gasteiger partial charge in [0.1, 0.15) is 11.9 Å². The molecule has 0 spiro atoms. The minimum Gasteiger partial charge on any atom is -0.481 e. The van der Waals surface area contributed by atoms with Gasteiger partial charge in [0.15, 0.2) is 0 Å². The van der Waals surface area contributed by atoms with Crippen LogP contribution in [0.2, 0.25) is 0 Å². The fourth-order valence-corrected chi connectivity index (χ4v) is 4.75. The van der Waals surface area contributed by atoms with E-state index in [-0.39, 0.29) is 6.04 Å². The van der Waals surface area contributed by atoms with Gasteiger partial charge in [0.05, 0.1) is 30.6 Å². The molecule has 8 heteroatoms. The highest BCUT2D eigenvalue weighted by atomic mass is 16.5. The smallest absolute Gasteiger partial charge is 0.212 e. The number of aromatic nitrogens is 4. The van der Waals surface area contributed by atoms with E-state index in [1.54, 1.807) is 13.3 Å². The molecular weight excluding hydrogens is 426 g/mol. The number of hydrogen-bond acceptors (Lipinski definition) is 7. The van der Waals surface area contributed by atoms with Crippen LogP contribution in [-0.4, -0.2) is 50.9 Å². The topological polar surface area (TPSA) is 91.9 Å². The van der Waals surface area contributed by atoms with Crippen LogP contribution in [0.5, 0.6) is 5.88 Å². The Balaban J connectivity index is 1.18. The van der Waals surface area contributed by atoms with Crippen LogP contribution in [0, 0.1) is 11.3 Å². The molecule has 0 aromatic carbocycles. The number of ether oxygens (including phenoxy) is 1. The first-order valence-corrected chi connectivity index (χ1v) is 11.8. The van der Waals surface area contributed by atoms with E-state index in [9.17, 15) is 5.26 Å². The standard InChI is InChI=1S/C26H29N7O/c1-18-3-6-23(26-21(13-27)16-30-33(18)26)20-5-7-24(28-15-20)31-22-9-11-32(12-10-22)17-19-4-8-25(34-2)29-14-19/h4-8,14-16,18,22H,3,9-12,17H2,1-2H3,(H,28,31). The zero-order valence-corrected chi connectivity index (χ0v) is 19.6. The molecular formula is C26H29N7O. The average molecular weight is 456 g/mol. The highest BCUT2D eigenvalue weighted by Gasteiger charge is 2.24. The maximum atomic E-state index is 9.51. The van der Waals surface area contributed by atoms with E-state index in [0.29, 0.717) is 17.5 Å². The Kier molecular flexibility index (Phi) is 6.28. The maximum absolute atomic E-state index is 9.51. The average Bonchev–Trinajstić information content (AvgIpc) is 3.32. The summed E-state index contributed by atoms with van der Waals surface area (Å²) in [5.74, 6) is 1.54. The van der Waals surface area contributed by atoms with E-state index in [1.807, 2.05) is 29.2 Å². The molecule has 174 valence electrons. The first-order chi connectivity index (χ1) is 16.6. The van der Waals surface area contributed by atoms with Crippen molar-refractivity contribution in [2.45, 2.75) is 44.8 Å². The van der Waals surface area contributed by atoms with Gasteiger partial charge in [0, 0.05) is 55.3 Å². The van der Waals surface area contributed by atoms with Crippen LogP contribution in [-0.2, 0) is 6.54 Å². The first kappa shape index (κ1) is 22.1. The summed E-state index contributed by atoms with van der Waals surface area (Å²) in [6, 6.07) is 11.1. The number of rotatable bonds is 6. The number of hydrogen-bond donors (Lipinski definition) is 1. The molecule has 3 aromatic heterocycles. The highest BCUT2D eigenvalue weighted by molar-refractivity contribution is 5.81. The molecule has 1 atom stereocenters. The van der Waals surface area contributed by atoms with Gasteiger partial charge in [-0.05, 0) is 43.9 Å². The SMILES string of the molecule is COc1ccc(CN2CCC(Nc3ccc(C4=CCC(C)n5ncc(C#N)c54)cn3)CC2)cn1. The first-order valence-electron chi connectivity index (χ1n) is 11.8. The number of nitrogens with one attached hydrogen (secondary N) is 1. The van der Waals surface area contributed by atoms with Gasteiger partial charge >= 0.3 is 0 Å². The Morgan fingerprint density at radius 2 is 1.97 bits per heavy atom. The summed E-state index contributed by atoms with van der Waals surface area (Å²) in [7, 11) is 1.63. The molecule has 8 nitrogen and oxygen atoms in total. The number of pyridine rings is 2. The Morgan fingerprint density at radius 1 is 1.12 bits per heavy atom. The van der Waals surface area contributed by atoms with E-state index in [1.165, 1.54) is 5.56 Å². The monoisotopic (exact) mass is 455 g/mol. The third kappa shape index (κ3) is 4.52. The van der Waals surface area contributed by atoms with E-state index in [2.05, 4.69) is 56.5 Å². The number of nitriles is 1. The second kappa shape index (κ2) is 9.65. The molecule has 2 aliphatic rings. The van der Waals surface area contributed by atoms with Crippen LogP contribution in [0.15, 0.2) is 48.9 Å². The van der Waals surface area contributed by atoms with Crippen molar-refractivity contribution in [1.82, 2.24) is 24.6 Å². The van der Waals surface area contributed by atoms with E-state index >= 15 is 0 Å². The predicted octanol–water partition coefficient (Wildman–Crippen LogP) is 4.03. The number of likely N-dealkylation sites (tertiary alicyclic amines) is 1. The number of anilines is 1. The van der Waals surface area contributed by atoms with Crippen LogP contribution < -0.4 is 10.1 Å². The van der Waals surface area contributed by atoms with Crippen LogP contribution in [0.1, 0.15) is 54.6 Å². The van der Waals surface area contributed by atoms with E-state index in [0.717, 1.165) is 61.5 Å². The van der Waals surface area contributed by atoms with Crippen molar-refractivity contribution >= 4 is 11.4 Å². The van der Waals surface area contributed by atoms with Crippen LogP contribution in [0.25, 0.3) is 5.57 Å². The molecule has 3 aromatic rings. The summed E-state index contributed by atoms with van der Waals surface area (Å²) in [5, 5.41) is 17.5. The lowest BCUT2D eigenvalue weighted by Gasteiger charge is -2.32. The maximum Gasteiger partial charge on any atom is 0.212 e. The number of piperidine rings is 1. The Labute approximate surface area is 199 Å². The van der Waals surface area contributed by atoms with E-state index in [4.69, 9.17) is 4.74 Å². The number of nitrogens with zero attached hydrogens (tertiary/aromatic N) is 6. The second-order valence-electron chi connectivity index (χ2n) is 9.00. The van der Waals surface area contributed by atoms with Gasteiger partial charge in [-0.2, -0.15) is 10.4 Å². The van der Waals surface area contributed by atoms with Crippen molar-refractivity contribution in [2.75, 3.05) is 25.5 Å². The normalized spacial score (nSPS) is 18.6. The van der Waals surface area contributed by atoms with Crippen LogP contribution in [0.4, 0.5) is 5.82 Å². The van der Waals surface area contributed by atoms with Gasteiger partial charge < -0.3 is 10.1 Å². The van der Waals surface area contributed by atoms with Gasteiger partial charge in [-0.25, -0.2) is 9.97 Å². The molecule has 1 saturated heterocycles. The van der Waals surface area contributed by atoms with Crippen molar-refractivity contribution in [3.05, 3.63) is 71.3 Å². The molecule has 0 bridgehead atoms. The molecule has 2 aliphatic heterocycles. The Hall–Kier alpha value is -3.70. The highest BCUT2D eigenvalue weighted by Crippen LogP contribution is 2.34.